The van der Waals surface area contributed by atoms with Gasteiger partial charge < -0.3 is 5.32 Å². The molecule has 0 aromatic carbocycles. The third-order valence-electron chi connectivity index (χ3n) is 3.89. The molecule has 2 aromatic heterocycles. The molecular formula is C14H17N3S2. The molecular weight excluding hydrogens is 274 g/mol. The zero-order valence-corrected chi connectivity index (χ0v) is 12.7. The van der Waals surface area contributed by atoms with Crippen molar-refractivity contribution in [2.45, 2.75) is 49.7 Å². The largest absolute Gasteiger partial charge is 0.367 e. The molecule has 2 aromatic rings. The van der Waals surface area contributed by atoms with Crippen molar-refractivity contribution in [1.82, 2.24) is 9.97 Å². The fraction of sp³-hybridized carbons (Fsp3) is 0.571. The summed E-state index contributed by atoms with van der Waals surface area (Å²) in [6.07, 6.45) is 9.69. The van der Waals surface area contributed by atoms with Gasteiger partial charge in [-0.3, -0.25) is 0 Å². The van der Waals surface area contributed by atoms with Gasteiger partial charge >= 0.3 is 0 Å². The highest BCUT2D eigenvalue weighted by Crippen LogP contribution is 2.40. The van der Waals surface area contributed by atoms with Crippen molar-refractivity contribution in [3.8, 4) is 0 Å². The number of anilines is 1. The molecule has 4 rings (SSSR count). The summed E-state index contributed by atoms with van der Waals surface area (Å²) >= 11 is 3.52. The van der Waals surface area contributed by atoms with E-state index in [-0.39, 0.29) is 0 Å². The maximum absolute atomic E-state index is 4.73. The molecule has 0 unspecified atom stereocenters. The lowest BCUT2D eigenvalue weighted by molar-refractivity contribution is 0.700. The van der Waals surface area contributed by atoms with Crippen LogP contribution >= 0.6 is 23.1 Å². The van der Waals surface area contributed by atoms with Crippen LogP contribution in [0.2, 0.25) is 0 Å². The first-order valence-electron chi connectivity index (χ1n) is 6.98. The quantitative estimate of drug-likeness (QED) is 0.688. The molecule has 0 aliphatic heterocycles. The van der Waals surface area contributed by atoms with Gasteiger partial charge in [0.25, 0.3) is 0 Å². The van der Waals surface area contributed by atoms with Crippen molar-refractivity contribution in [2.75, 3.05) is 11.6 Å². The summed E-state index contributed by atoms with van der Waals surface area (Å²) in [6.45, 7) is 0. The first-order chi connectivity index (χ1) is 9.35. The summed E-state index contributed by atoms with van der Waals surface area (Å²) in [5.41, 5.74) is 1.53. The highest BCUT2D eigenvalue weighted by Gasteiger charge is 2.26. The molecule has 0 bridgehead atoms. The Bertz CT molecular complexity index is 631. The molecule has 2 aliphatic rings. The molecule has 3 nitrogen and oxygen atoms in total. The summed E-state index contributed by atoms with van der Waals surface area (Å²) < 4.78 is 0. The van der Waals surface area contributed by atoms with E-state index in [0.717, 1.165) is 11.0 Å². The molecule has 0 amide bonds. The van der Waals surface area contributed by atoms with Crippen molar-refractivity contribution in [3.05, 3.63) is 10.4 Å². The smallest absolute Gasteiger partial charge is 0.190 e. The van der Waals surface area contributed by atoms with Crippen LogP contribution in [0.25, 0.3) is 10.2 Å². The summed E-state index contributed by atoms with van der Waals surface area (Å²) in [6, 6.07) is 0.645. The Balaban J connectivity index is 1.91. The van der Waals surface area contributed by atoms with Crippen LogP contribution in [0.3, 0.4) is 0 Å². The van der Waals surface area contributed by atoms with Crippen LogP contribution in [0.1, 0.15) is 36.1 Å². The molecule has 0 saturated heterocycles. The van der Waals surface area contributed by atoms with Gasteiger partial charge in [0.1, 0.15) is 10.6 Å². The SMILES string of the molecule is CSc1nc(NC2CC2)c2c3c(sc2n1)CCCC3. The summed E-state index contributed by atoms with van der Waals surface area (Å²) in [7, 11) is 0. The number of fused-ring (bicyclic) bond motifs is 3. The van der Waals surface area contributed by atoms with Gasteiger partial charge in [-0.05, 0) is 50.3 Å². The second-order valence-corrected chi connectivity index (χ2v) is 7.23. The highest BCUT2D eigenvalue weighted by atomic mass is 32.2. The number of thioether (sulfide) groups is 1. The lowest BCUT2D eigenvalue weighted by Gasteiger charge is -2.12. The summed E-state index contributed by atoms with van der Waals surface area (Å²) in [5.74, 6) is 1.09. The first-order valence-corrected chi connectivity index (χ1v) is 9.02. The van der Waals surface area contributed by atoms with Gasteiger partial charge in [0.05, 0.1) is 5.39 Å². The summed E-state index contributed by atoms with van der Waals surface area (Å²) in [5, 5.41) is 5.83. The number of thiophene rings is 1. The minimum Gasteiger partial charge on any atom is -0.367 e. The third-order valence-corrected chi connectivity index (χ3v) is 5.63. The number of nitrogens with one attached hydrogen (secondary N) is 1. The van der Waals surface area contributed by atoms with E-state index in [1.54, 1.807) is 16.6 Å². The van der Waals surface area contributed by atoms with Gasteiger partial charge in [0.2, 0.25) is 0 Å². The Hall–Kier alpha value is -0.810. The fourth-order valence-electron chi connectivity index (χ4n) is 2.75. The highest BCUT2D eigenvalue weighted by molar-refractivity contribution is 7.98. The summed E-state index contributed by atoms with van der Waals surface area (Å²) in [4.78, 5) is 12.2. The lowest BCUT2D eigenvalue weighted by atomic mass is 9.97. The zero-order valence-electron chi connectivity index (χ0n) is 11.0. The number of hydrogen-bond acceptors (Lipinski definition) is 5. The van der Waals surface area contributed by atoms with Gasteiger partial charge in [-0.2, -0.15) is 0 Å². The van der Waals surface area contributed by atoms with E-state index in [2.05, 4.69) is 11.6 Å². The van der Waals surface area contributed by atoms with Crippen molar-refractivity contribution >= 4 is 39.1 Å². The average molecular weight is 291 g/mol. The van der Waals surface area contributed by atoms with E-state index < -0.39 is 0 Å². The number of rotatable bonds is 3. The van der Waals surface area contributed by atoms with Gasteiger partial charge in [-0.1, -0.05) is 11.8 Å². The van der Waals surface area contributed by atoms with E-state index in [1.165, 1.54) is 54.3 Å². The molecule has 1 N–H and O–H groups in total. The van der Waals surface area contributed by atoms with Crippen LogP contribution in [-0.2, 0) is 12.8 Å². The van der Waals surface area contributed by atoms with E-state index in [0.29, 0.717) is 6.04 Å². The Morgan fingerprint density at radius 2 is 2.05 bits per heavy atom. The minimum absolute atomic E-state index is 0.645. The van der Waals surface area contributed by atoms with Crippen LogP contribution in [0.4, 0.5) is 5.82 Å². The van der Waals surface area contributed by atoms with Crippen LogP contribution < -0.4 is 5.32 Å². The normalized spacial score (nSPS) is 18.6. The molecule has 2 heterocycles. The molecule has 19 heavy (non-hydrogen) atoms. The standard InChI is InChI=1S/C14H17N3S2/c1-18-14-16-12(15-8-6-7-8)11-9-4-2-3-5-10(9)19-13(11)17-14/h8H,2-7H2,1H3,(H,15,16,17). The van der Waals surface area contributed by atoms with Gasteiger partial charge in [0, 0.05) is 10.9 Å². The maximum atomic E-state index is 4.73. The van der Waals surface area contributed by atoms with Gasteiger partial charge in [-0.25, -0.2) is 9.97 Å². The predicted molar refractivity (Wildman–Crippen MR) is 82.5 cm³/mol. The van der Waals surface area contributed by atoms with Gasteiger partial charge in [-0.15, -0.1) is 11.3 Å². The van der Waals surface area contributed by atoms with Crippen LogP contribution in [-0.4, -0.2) is 22.3 Å². The molecule has 2 aliphatic carbocycles. The Labute approximate surface area is 121 Å². The van der Waals surface area contributed by atoms with E-state index >= 15 is 0 Å². The van der Waals surface area contributed by atoms with E-state index in [4.69, 9.17) is 9.97 Å². The fourth-order valence-corrected chi connectivity index (χ4v) is 4.44. The molecule has 0 atom stereocenters. The van der Waals surface area contributed by atoms with Gasteiger partial charge in [0.15, 0.2) is 5.16 Å². The third kappa shape index (κ3) is 2.13. The van der Waals surface area contributed by atoms with Crippen LogP contribution in [0, 0.1) is 0 Å². The predicted octanol–water partition coefficient (Wildman–Crippen LogP) is 3.87. The van der Waals surface area contributed by atoms with Crippen LogP contribution in [0.15, 0.2) is 5.16 Å². The number of hydrogen-bond donors (Lipinski definition) is 1. The number of aryl methyl sites for hydroxylation is 2. The zero-order chi connectivity index (χ0) is 12.8. The molecule has 100 valence electrons. The van der Waals surface area contributed by atoms with Crippen LogP contribution in [0.5, 0.6) is 0 Å². The first kappa shape index (κ1) is 12.0. The Morgan fingerprint density at radius 3 is 2.84 bits per heavy atom. The van der Waals surface area contributed by atoms with Crippen molar-refractivity contribution in [1.29, 1.82) is 0 Å². The molecule has 0 radical (unpaired) electrons. The van der Waals surface area contributed by atoms with E-state index in [1.807, 2.05) is 11.3 Å². The molecule has 1 fully saturated rings. The maximum Gasteiger partial charge on any atom is 0.190 e. The lowest BCUT2D eigenvalue weighted by Crippen LogP contribution is -2.06. The second-order valence-electron chi connectivity index (χ2n) is 5.37. The second kappa shape index (κ2) is 4.63. The molecule has 5 heteroatoms. The number of aromatic nitrogens is 2. The monoisotopic (exact) mass is 291 g/mol. The molecule has 0 spiro atoms. The molecule has 1 saturated carbocycles. The van der Waals surface area contributed by atoms with Crippen molar-refractivity contribution < 1.29 is 0 Å². The average Bonchev–Trinajstić information content (AvgIpc) is 3.16. The Kier molecular flexibility index (Phi) is 2.92. The van der Waals surface area contributed by atoms with Crippen molar-refractivity contribution in [2.24, 2.45) is 0 Å². The minimum atomic E-state index is 0.645. The topological polar surface area (TPSA) is 37.8 Å². The van der Waals surface area contributed by atoms with Crippen molar-refractivity contribution in [3.63, 3.8) is 0 Å². The van der Waals surface area contributed by atoms with E-state index in [9.17, 15) is 0 Å². The number of nitrogens with zero attached hydrogens (tertiary/aromatic N) is 2. The Morgan fingerprint density at radius 1 is 1.21 bits per heavy atom.